The summed E-state index contributed by atoms with van der Waals surface area (Å²) in [6.07, 6.45) is 4.50. The van der Waals surface area contributed by atoms with Crippen LogP contribution < -0.4 is 5.73 Å². The minimum atomic E-state index is -2.12. The minimum absolute atomic E-state index is 0.0600. The number of nitrogens with zero attached hydrogens (tertiary/aromatic N) is 2. The van der Waals surface area contributed by atoms with Crippen molar-refractivity contribution in [3.8, 4) is 0 Å². The second kappa shape index (κ2) is 4.91. The average Bonchev–Trinajstić information content (AvgIpc) is 2.25. The van der Waals surface area contributed by atoms with Crippen molar-refractivity contribution >= 4 is 17.2 Å². The van der Waals surface area contributed by atoms with Crippen LogP contribution in [0.1, 0.15) is 32.1 Å². The first-order valence-electron chi connectivity index (χ1n) is 5.95. The van der Waals surface area contributed by atoms with Crippen molar-refractivity contribution < 1.29 is 8.76 Å². The van der Waals surface area contributed by atoms with Gasteiger partial charge >= 0.3 is 0 Å². The van der Waals surface area contributed by atoms with Gasteiger partial charge in [-0.1, -0.05) is 6.42 Å². The minimum Gasteiger partial charge on any atom is -0.760 e. The number of nitrogens with one attached hydrogen (secondary N) is 1. The Kier molecular flexibility index (Phi) is 3.70. The first-order valence-corrected chi connectivity index (χ1v) is 6.98. The van der Waals surface area contributed by atoms with E-state index in [1.807, 2.05) is 7.05 Å². The molecule has 3 N–H and O–H groups in total. The fraction of sp³-hybridized carbons (Fsp3) is 0.900. The molecule has 98 valence electrons. The summed E-state index contributed by atoms with van der Waals surface area (Å²) in [5.74, 6) is 0.0600. The van der Waals surface area contributed by atoms with Crippen molar-refractivity contribution in [3.63, 3.8) is 0 Å². The summed E-state index contributed by atoms with van der Waals surface area (Å²) >= 11 is -2.12. The van der Waals surface area contributed by atoms with Gasteiger partial charge in [0, 0.05) is 36.4 Å². The van der Waals surface area contributed by atoms with Crippen LogP contribution in [0.15, 0.2) is 0 Å². The lowest BCUT2D eigenvalue weighted by molar-refractivity contribution is 0.0752. The van der Waals surface area contributed by atoms with Crippen LogP contribution in [0.4, 0.5) is 0 Å². The van der Waals surface area contributed by atoms with Gasteiger partial charge in [-0.3, -0.25) is 9.62 Å². The lowest BCUT2D eigenvalue weighted by Crippen LogP contribution is -2.58. The van der Waals surface area contributed by atoms with Crippen molar-refractivity contribution in [1.29, 1.82) is 5.41 Å². The predicted molar refractivity (Wildman–Crippen MR) is 64.9 cm³/mol. The highest BCUT2D eigenvalue weighted by Crippen LogP contribution is 2.36. The molecule has 0 aromatic heterocycles. The number of nitrogens with two attached hydrogens (primary N) is 1. The molecule has 6 nitrogen and oxygen atoms in total. The molecule has 0 aromatic carbocycles. The van der Waals surface area contributed by atoms with E-state index in [4.69, 9.17) is 11.1 Å². The summed E-state index contributed by atoms with van der Waals surface area (Å²) in [4.78, 5) is 1.76. The zero-order valence-corrected chi connectivity index (χ0v) is 10.8. The number of piperidine rings is 2. The third-order valence-electron chi connectivity index (χ3n) is 3.98. The Labute approximate surface area is 104 Å². The smallest absolute Gasteiger partial charge is 0.188 e. The summed E-state index contributed by atoms with van der Waals surface area (Å²) in [6, 6.07) is 0.378. The van der Waals surface area contributed by atoms with E-state index in [2.05, 4.69) is 0 Å². The molecule has 2 aliphatic rings. The highest BCUT2D eigenvalue weighted by Gasteiger charge is 2.40. The van der Waals surface area contributed by atoms with Gasteiger partial charge in [-0.15, -0.1) is 0 Å². The van der Waals surface area contributed by atoms with Gasteiger partial charge in [0.2, 0.25) is 0 Å². The molecule has 2 bridgehead atoms. The first-order chi connectivity index (χ1) is 8.00. The largest absolute Gasteiger partial charge is 0.760 e. The van der Waals surface area contributed by atoms with E-state index in [-0.39, 0.29) is 24.1 Å². The Hall–Kier alpha value is -0.660. The van der Waals surface area contributed by atoms with E-state index in [0.717, 1.165) is 32.1 Å². The van der Waals surface area contributed by atoms with Gasteiger partial charge in [-0.05, 0) is 25.7 Å². The molecule has 0 amide bonds. The van der Waals surface area contributed by atoms with E-state index in [0.29, 0.717) is 0 Å². The molecule has 7 heteroatoms. The molecular weight excluding hydrogens is 240 g/mol. The Balaban J connectivity index is 2.11. The third-order valence-corrected chi connectivity index (χ3v) is 4.92. The molecule has 2 aliphatic heterocycles. The zero-order valence-electron chi connectivity index (χ0n) is 9.96. The fourth-order valence-electron chi connectivity index (χ4n) is 3.07. The normalized spacial score (nSPS) is 35.3. The Morgan fingerprint density at radius 3 is 2.41 bits per heavy atom. The maximum atomic E-state index is 11.2. The van der Waals surface area contributed by atoms with Crippen LogP contribution in [0, 0.1) is 5.41 Å². The number of guanidine groups is 1. The van der Waals surface area contributed by atoms with Crippen molar-refractivity contribution in [2.24, 2.45) is 5.73 Å². The van der Waals surface area contributed by atoms with Crippen molar-refractivity contribution in [2.75, 3.05) is 7.05 Å². The van der Waals surface area contributed by atoms with Gasteiger partial charge in [0.1, 0.15) is 0 Å². The maximum absolute atomic E-state index is 11.2. The van der Waals surface area contributed by atoms with E-state index >= 15 is 0 Å². The number of hydrogen-bond donors (Lipinski definition) is 2. The van der Waals surface area contributed by atoms with Crippen LogP contribution in [0.3, 0.4) is 0 Å². The summed E-state index contributed by atoms with van der Waals surface area (Å²) in [5.41, 5.74) is 5.49. The van der Waals surface area contributed by atoms with Gasteiger partial charge in [-0.25, -0.2) is 4.31 Å². The topological polar surface area (TPSA) is 96.5 Å². The van der Waals surface area contributed by atoms with Crippen LogP contribution >= 0.6 is 0 Å². The fourth-order valence-corrected chi connectivity index (χ4v) is 3.94. The summed E-state index contributed by atoms with van der Waals surface area (Å²) in [6.45, 7) is 0. The van der Waals surface area contributed by atoms with Crippen molar-refractivity contribution in [3.05, 3.63) is 0 Å². The monoisotopic (exact) mass is 259 g/mol. The zero-order chi connectivity index (χ0) is 12.6. The van der Waals surface area contributed by atoms with Gasteiger partial charge in [0.25, 0.3) is 0 Å². The molecule has 0 aliphatic carbocycles. The molecule has 0 radical (unpaired) electrons. The van der Waals surface area contributed by atoms with Crippen LogP contribution in [0.25, 0.3) is 0 Å². The highest BCUT2D eigenvalue weighted by molar-refractivity contribution is 7.76. The molecule has 17 heavy (non-hydrogen) atoms. The second-order valence-corrected chi connectivity index (χ2v) is 5.79. The van der Waals surface area contributed by atoms with Crippen molar-refractivity contribution in [2.45, 2.75) is 50.2 Å². The maximum Gasteiger partial charge on any atom is 0.188 e. The molecule has 2 heterocycles. The SMILES string of the molecule is CN(C(=N)N)C1C[C@H]2CCC[C@@H](C1)N2S(=O)[O-]. The van der Waals surface area contributed by atoms with Gasteiger partial charge in [0.05, 0.1) is 0 Å². The molecule has 0 saturated carbocycles. The van der Waals surface area contributed by atoms with Gasteiger partial charge < -0.3 is 15.2 Å². The lowest BCUT2D eigenvalue weighted by Gasteiger charge is -2.50. The van der Waals surface area contributed by atoms with E-state index in [9.17, 15) is 8.76 Å². The van der Waals surface area contributed by atoms with E-state index in [1.54, 1.807) is 9.21 Å². The van der Waals surface area contributed by atoms with E-state index < -0.39 is 11.3 Å². The molecule has 0 spiro atoms. The Morgan fingerprint density at radius 1 is 1.47 bits per heavy atom. The first kappa shape index (κ1) is 12.8. The molecule has 2 fully saturated rings. The molecule has 4 atom stereocenters. The van der Waals surface area contributed by atoms with Crippen LogP contribution in [0.5, 0.6) is 0 Å². The van der Waals surface area contributed by atoms with Crippen LogP contribution in [-0.4, -0.2) is 49.1 Å². The number of hydrogen-bond acceptors (Lipinski definition) is 3. The van der Waals surface area contributed by atoms with Gasteiger partial charge in [-0.2, -0.15) is 0 Å². The van der Waals surface area contributed by atoms with Crippen molar-refractivity contribution in [1.82, 2.24) is 9.21 Å². The number of fused-ring (bicyclic) bond motifs is 2. The molecule has 2 rings (SSSR count). The van der Waals surface area contributed by atoms with Crippen LogP contribution in [0.2, 0.25) is 0 Å². The summed E-state index contributed by atoms with van der Waals surface area (Å²) in [5, 5.41) is 7.45. The standard InChI is InChI=1S/C10H20N4O2S/c1-13(10(11)12)9-5-7-3-2-4-8(6-9)14(7)17(15)16/h7-9H,2-6H2,1H3,(H3,11,12)(H,15,16)/p-1/t7-,8+,9?. The molecule has 2 saturated heterocycles. The lowest BCUT2D eigenvalue weighted by atomic mass is 9.83. The summed E-state index contributed by atoms with van der Waals surface area (Å²) < 4.78 is 24.1. The third kappa shape index (κ3) is 2.46. The Morgan fingerprint density at radius 2 is 2.00 bits per heavy atom. The second-order valence-electron chi connectivity index (χ2n) is 4.94. The predicted octanol–water partition coefficient (Wildman–Crippen LogP) is -0.00873. The molecule has 0 aromatic rings. The highest BCUT2D eigenvalue weighted by atomic mass is 32.2. The molecule has 2 unspecified atom stereocenters. The number of rotatable bonds is 2. The van der Waals surface area contributed by atoms with Crippen LogP contribution in [-0.2, 0) is 11.3 Å². The Bertz CT molecular complexity index is 324. The van der Waals surface area contributed by atoms with Gasteiger partial charge in [0.15, 0.2) is 5.96 Å². The average molecular weight is 259 g/mol. The van der Waals surface area contributed by atoms with E-state index in [1.165, 1.54) is 0 Å². The quantitative estimate of drug-likeness (QED) is 0.414. The summed E-state index contributed by atoms with van der Waals surface area (Å²) in [7, 11) is 1.81. The molecular formula is C10H19N4O2S-.